The van der Waals surface area contributed by atoms with Crippen molar-refractivity contribution >= 4 is 46.6 Å². The molecule has 0 unspecified atom stereocenters. The van der Waals surface area contributed by atoms with Gasteiger partial charge in [-0.1, -0.05) is 70.8 Å². The minimum absolute atomic E-state index is 0.0456. The van der Waals surface area contributed by atoms with Gasteiger partial charge in [-0.3, -0.25) is 4.79 Å². The fraction of sp³-hybridized carbons (Fsp3) is 0.148. The molecule has 184 valence electrons. The maximum Gasteiger partial charge on any atom is 0.419 e. The second kappa shape index (κ2) is 10.8. The molecule has 1 aromatic heterocycles. The maximum atomic E-state index is 13.1. The zero-order chi connectivity index (χ0) is 25.8. The van der Waals surface area contributed by atoms with Crippen LogP contribution in [-0.4, -0.2) is 28.9 Å². The summed E-state index contributed by atoms with van der Waals surface area (Å²) in [6, 6.07) is 19.5. The third-order valence-corrected chi connectivity index (χ3v) is 6.09. The number of carboxylic acids is 1. The van der Waals surface area contributed by atoms with Crippen LogP contribution in [0.1, 0.15) is 18.2 Å². The second-order valence-electron chi connectivity index (χ2n) is 7.89. The lowest BCUT2D eigenvalue weighted by Gasteiger charge is -2.23. The summed E-state index contributed by atoms with van der Waals surface area (Å²) in [5, 5.41) is 13.8. The number of carboxylic acid groups (broad SMARTS) is 1. The Morgan fingerprint density at radius 3 is 2.33 bits per heavy atom. The summed E-state index contributed by atoms with van der Waals surface area (Å²) >= 11 is 13.1. The topological polar surface area (TPSA) is 92.9 Å². The molecule has 1 heterocycles. The van der Waals surface area contributed by atoms with E-state index in [1.165, 1.54) is 4.90 Å². The van der Waals surface area contributed by atoms with Crippen LogP contribution in [-0.2, 0) is 16.0 Å². The van der Waals surface area contributed by atoms with Crippen molar-refractivity contribution in [2.75, 3.05) is 11.5 Å². The molecule has 3 aromatic carbocycles. The predicted octanol–water partition coefficient (Wildman–Crippen LogP) is 7.55. The number of anilines is 2. The van der Waals surface area contributed by atoms with E-state index in [-0.39, 0.29) is 18.8 Å². The van der Waals surface area contributed by atoms with E-state index in [1.54, 1.807) is 62.4 Å². The zero-order valence-electron chi connectivity index (χ0n) is 19.5. The molecule has 7 nitrogen and oxygen atoms in total. The molecule has 0 atom stereocenters. The number of rotatable bonds is 7. The lowest BCUT2D eigenvalue weighted by atomic mass is 10.0. The van der Waals surface area contributed by atoms with Crippen molar-refractivity contribution < 1.29 is 24.0 Å². The highest BCUT2D eigenvalue weighted by Crippen LogP contribution is 2.43. The highest BCUT2D eigenvalue weighted by atomic mass is 35.5. The number of carbonyl (C=O) groups excluding carboxylic acids is 1. The number of para-hydroxylation sites is 1. The molecule has 0 aliphatic rings. The van der Waals surface area contributed by atoms with E-state index in [2.05, 4.69) is 5.16 Å². The number of hydrogen-bond acceptors (Lipinski definition) is 5. The molecular formula is C27H22Cl2N2O5. The van der Waals surface area contributed by atoms with Crippen LogP contribution in [0.4, 0.5) is 16.2 Å². The SMILES string of the molecule is CCOC(=O)N(c1ccccc1Cl)c1c(C)noc1-c1ccc(-c2ccc(CC(=O)O)cc2)cc1Cl. The highest BCUT2D eigenvalue weighted by Gasteiger charge is 2.30. The van der Waals surface area contributed by atoms with Gasteiger partial charge < -0.3 is 14.4 Å². The zero-order valence-corrected chi connectivity index (χ0v) is 21.0. The number of hydrogen-bond donors (Lipinski definition) is 1. The molecule has 4 rings (SSSR count). The van der Waals surface area contributed by atoms with E-state index in [4.69, 9.17) is 37.6 Å². The first kappa shape index (κ1) is 25.3. The minimum Gasteiger partial charge on any atom is -0.481 e. The fourth-order valence-electron chi connectivity index (χ4n) is 3.80. The van der Waals surface area contributed by atoms with Crippen LogP contribution in [0, 0.1) is 6.92 Å². The van der Waals surface area contributed by atoms with E-state index >= 15 is 0 Å². The summed E-state index contributed by atoms with van der Waals surface area (Å²) in [5.74, 6) is -0.601. The summed E-state index contributed by atoms with van der Waals surface area (Å²) in [7, 11) is 0. The first-order chi connectivity index (χ1) is 17.3. The normalized spacial score (nSPS) is 10.8. The van der Waals surface area contributed by atoms with E-state index < -0.39 is 12.1 Å². The van der Waals surface area contributed by atoms with Crippen molar-refractivity contribution in [3.8, 4) is 22.5 Å². The van der Waals surface area contributed by atoms with Crippen LogP contribution < -0.4 is 4.90 Å². The molecule has 0 spiro atoms. The molecule has 1 amide bonds. The largest absolute Gasteiger partial charge is 0.481 e. The molecule has 0 radical (unpaired) electrons. The predicted molar refractivity (Wildman–Crippen MR) is 139 cm³/mol. The standard InChI is InChI=1S/C27H22Cl2N2O5/c1-3-35-27(34)31(23-7-5-4-6-21(23)28)25-16(2)30-36-26(25)20-13-12-19(15-22(20)29)18-10-8-17(9-11-18)14-24(32)33/h4-13,15H,3,14H2,1-2H3,(H,32,33). The van der Waals surface area contributed by atoms with Crippen molar-refractivity contribution in [2.45, 2.75) is 20.3 Å². The Balaban J connectivity index is 1.76. The van der Waals surface area contributed by atoms with E-state index in [0.29, 0.717) is 38.2 Å². The number of amides is 1. The van der Waals surface area contributed by atoms with Gasteiger partial charge in [0.15, 0.2) is 5.76 Å². The Kier molecular flexibility index (Phi) is 7.62. The van der Waals surface area contributed by atoms with Gasteiger partial charge in [0.05, 0.1) is 28.8 Å². The third-order valence-electron chi connectivity index (χ3n) is 5.46. The van der Waals surface area contributed by atoms with Crippen LogP contribution in [0.25, 0.3) is 22.5 Å². The van der Waals surface area contributed by atoms with Gasteiger partial charge in [-0.15, -0.1) is 0 Å². The molecule has 0 saturated carbocycles. The van der Waals surface area contributed by atoms with E-state index in [0.717, 1.165) is 11.1 Å². The molecule has 0 aliphatic carbocycles. The van der Waals surface area contributed by atoms with Crippen LogP contribution in [0.2, 0.25) is 10.0 Å². The van der Waals surface area contributed by atoms with Gasteiger partial charge >= 0.3 is 12.1 Å². The number of ether oxygens (including phenoxy) is 1. The average Bonchev–Trinajstić information content (AvgIpc) is 3.21. The van der Waals surface area contributed by atoms with Crippen molar-refractivity contribution in [3.05, 3.63) is 88.0 Å². The molecule has 0 bridgehead atoms. The number of nitrogens with zero attached hydrogens (tertiary/aromatic N) is 2. The summed E-state index contributed by atoms with van der Waals surface area (Å²) in [6.07, 6.45) is -0.678. The van der Waals surface area contributed by atoms with Crippen LogP contribution in [0.15, 0.2) is 71.3 Å². The fourth-order valence-corrected chi connectivity index (χ4v) is 4.29. The molecule has 9 heteroatoms. The van der Waals surface area contributed by atoms with Gasteiger partial charge in [-0.25, -0.2) is 9.69 Å². The number of aryl methyl sites for hydroxylation is 1. The third kappa shape index (κ3) is 5.22. The number of carbonyl (C=O) groups is 2. The lowest BCUT2D eigenvalue weighted by molar-refractivity contribution is -0.136. The molecule has 1 N–H and O–H groups in total. The molecule has 0 aliphatic heterocycles. The average molecular weight is 525 g/mol. The van der Waals surface area contributed by atoms with Crippen LogP contribution in [0.5, 0.6) is 0 Å². The van der Waals surface area contributed by atoms with Crippen molar-refractivity contribution in [2.24, 2.45) is 0 Å². The summed E-state index contributed by atoms with van der Waals surface area (Å²) in [4.78, 5) is 25.3. The smallest absolute Gasteiger partial charge is 0.419 e. The summed E-state index contributed by atoms with van der Waals surface area (Å²) in [5.41, 5.74) is 4.17. The summed E-state index contributed by atoms with van der Waals surface area (Å²) in [6.45, 7) is 3.60. The Hall–Kier alpha value is -3.81. The first-order valence-electron chi connectivity index (χ1n) is 11.1. The van der Waals surface area contributed by atoms with E-state index in [9.17, 15) is 9.59 Å². The minimum atomic E-state index is -0.887. The Morgan fingerprint density at radius 1 is 1.00 bits per heavy atom. The molecule has 36 heavy (non-hydrogen) atoms. The Labute approximate surface area is 217 Å². The van der Waals surface area contributed by atoms with Crippen molar-refractivity contribution in [1.82, 2.24) is 5.16 Å². The number of aromatic nitrogens is 1. The monoisotopic (exact) mass is 524 g/mol. The molecule has 0 saturated heterocycles. The van der Waals surface area contributed by atoms with Crippen LogP contribution in [0.3, 0.4) is 0 Å². The number of benzene rings is 3. The Bertz CT molecular complexity index is 1420. The molecular weight excluding hydrogens is 503 g/mol. The quantitative estimate of drug-likeness (QED) is 0.268. The van der Waals surface area contributed by atoms with Gasteiger partial charge in [-0.05, 0) is 54.8 Å². The first-order valence-corrected chi connectivity index (χ1v) is 11.8. The van der Waals surface area contributed by atoms with Crippen molar-refractivity contribution in [1.29, 1.82) is 0 Å². The van der Waals surface area contributed by atoms with Crippen molar-refractivity contribution in [3.63, 3.8) is 0 Å². The van der Waals surface area contributed by atoms with E-state index in [1.807, 2.05) is 18.2 Å². The van der Waals surface area contributed by atoms with Gasteiger partial charge in [0.2, 0.25) is 0 Å². The van der Waals surface area contributed by atoms with Gasteiger partial charge in [0.1, 0.15) is 11.4 Å². The van der Waals surface area contributed by atoms with Gasteiger partial charge in [-0.2, -0.15) is 0 Å². The Morgan fingerprint density at radius 2 is 1.69 bits per heavy atom. The number of aliphatic carboxylic acids is 1. The lowest BCUT2D eigenvalue weighted by Crippen LogP contribution is -2.27. The van der Waals surface area contributed by atoms with Gasteiger partial charge in [0.25, 0.3) is 0 Å². The summed E-state index contributed by atoms with van der Waals surface area (Å²) < 4.78 is 11.0. The molecule has 0 fully saturated rings. The second-order valence-corrected chi connectivity index (χ2v) is 8.71. The maximum absolute atomic E-state index is 13.1. The number of halogens is 2. The highest BCUT2D eigenvalue weighted by molar-refractivity contribution is 6.35. The molecule has 4 aromatic rings. The van der Waals surface area contributed by atoms with Gasteiger partial charge in [0, 0.05) is 5.56 Å². The van der Waals surface area contributed by atoms with Crippen LogP contribution >= 0.6 is 23.2 Å².